The predicted octanol–water partition coefficient (Wildman–Crippen LogP) is 6.28. The van der Waals surface area contributed by atoms with Crippen molar-refractivity contribution in [3.8, 4) is 0 Å². The molecule has 4 aliphatic rings. The summed E-state index contributed by atoms with van der Waals surface area (Å²) in [5.41, 5.74) is 0.850. The van der Waals surface area contributed by atoms with E-state index >= 15 is 0 Å². The number of allylic oxidation sites excluding steroid dienone is 2. The Kier molecular flexibility index (Phi) is 4.25. The zero-order chi connectivity index (χ0) is 18.0. The Labute approximate surface area is 155 Å². The highest BCUT2D eigenvalue weighted by molar-refractivity contribution is 5.91. The molecule has 4 rings (SSSR count). The van der Waals surface area contributed by atoms with Crippen molar-refractivity contribution in [2.75, 3.05) is 0 Å². The number of hydrogen-bond acceptors (Lipinski definition) is 1. The summed E-state index contributed by atoms with van der Waals surface area (Å²) in [5, 5.41) is 0. The molecule has 1 heteroatoms. The third-order valence-electron chi connectivity index (χ3n) is 9.80. The van der Waals surface area contributed by atoms with E-state index in [1.807, 2.05) is 6.08 Å². The summed E-state index contributed by atoms with van der Waals surface area (Å²) in [6.45, 7) is 12.5. The van der Waals surface area contributed by atoms with Crippen LogP contribution in [0.25, 0.3) is 0 Å². The maximum atomic E-state index is 12.0. The third kappa shape index (κ3) is 2.43. The first-order valence-corrected chi connectivity index (χ1v) is 11.0. The first kappa shape index (κ1) is 17.8. The van der Waals surface area contributed by atoms with Crippen molar-refractivity contribution in [1.29, 1.82) is 0 Å². The Bertz CT molecular complexity index is 577. The average Bonchev–Trinajstić information content (AvgIpc) is 2.93. The van der Waals surface area contributed by atoms with E-state index in [-0.39, 0.29) is 5.41 Å². The van der Waals surface area contributed by atoms with Gasteiger partial charge in [0, 0.05) is 6.42 Å². The number of hydrogen-bond donors (Lipinski definition) is 0. The van der Waals surface area contributed by atoms with Crippen LogP contribution in [0, 0.1) is 52.3 Å². The molecule has 0 aromatic heterocycles. The van der Waals surface area contributed by atoms with Gasteiger partial charge >= 0.3 is 0 Å². The molecule has 0 radical (unpaired) electrons. The Morgan fingerprint density at radius 3 is 2.68 bits per heavy atom. The van der Waals surface area contributed by atoms with E-state index in [2.05, 4.69) is 40.7 Å². The van der Waals surface area contributed by atoms with E-state index in [4.69, 9.17) is 0 Å². The molecule has 0 aromatic rings. The van der Waals surface area contributed by atoms with Crippen LogP contribution in [0.1, 0.15) is 79.6 Å². The summed E-state index contributed by atoms with van der Waals surface area (Å²) in [7, 11) is 0. The van der Waals surface area contributed by atoms with Gasteiger partial charge < -0.3 is 0 Å². The summed E-state index contributed by atoms with van der Waals surface area (Å²) in [5.74, 6) is 6.17. The highest BCUT2D eigenvalue weighted by atomic mass is 16.1. The monoisotopic (exact) mass is 342 g/mol. The molecule has 0 aromatic carbocycles. The number of carbonyl (C=O) groups is 1. The number of fused-ring (bicyclic) bond motifs is 5. The van der Waals surface area contributed by atoms with Gasteiger partial charge in [-0.3, -0.25) is 4.79 Å². The SMILES string of the molecule is CC[C@@H](C)[C@H]1CCC2C3C(C)C[C@H]4CC(=O)C=C[C@]4(C)C3CC[C@@]21C. The Balaban J connectivity index is 1.68. The average molecular weight is 343 g/mol. The van der Waals surface area contributed by atoms with E-state index < -0.39 is 0 Å². The predicted molar refractivity (Wildman–Crippen MR) is 104 cm³/mol. The van der Waals surface area contributed by atoms with Crippen LogP contribution in [0.4, 0.5) is 0 Å². The zero-order valence-electron chi connectivity index (χ0n) is 17.1. The molecule has 1 nitrogen and oxygen atoms in total. The lowest BCUT2D eigenvalue weighted by atomic mass is 9.43. The van der Waals surface area contributed by atoms with E-state index in [1.165, 1.54) is 38.5 Å². The highest BCUT2D eigenvalue weighted by Crippen LogP contribution is 2.68. The lowest BCUT2D eigenvalue weighted by molar-refractivity contribution is -0.129. The Morgan fingerprint density at radius 1 is 1.20 bits per heavy atom. The van der Waals surface area contributed by atoms with Crippen molar-refractivity contribution in [3.63, 3.8) is 0 Å². The van der Waals surface area contributed by atoms with Crippen LogP contribution in [0.15, 0.2) is 12.2 Å². The van der Waals surface area contributed by atoms with Gasteiger partial charge in [0.25, 0.3) is 0 Å². The zero-order valence-corrected chi connectivity index (χ0v) is 17.1. The second-order valence-electron chi connectivity index (χ2n) is 10.7. The van der Waals surface area contributed by atoms with E-state index in [1.54, 1.807) is 0 Å². The van der Waals surface area contributed by atoms with Gasteiger partial charge in [-0.05, 0) is 90.4 Å². The van der Waals surface area contributed by atoms with Gasteiger partial charge in [0.1, 0.15) is 0 Å². The van der Waals surface area contributed by atoms with Crippen molar-refractivity contribution in [1.82, 2.24) is 0 Å². The van der Waals surface area contributed by atoms with Gasteiger partial charge in [0.15, 0.2) is 5.78 Å². The van der Waals surface area contributed by atoms with E-state index in [0.29, 0.717) is 17.1 Å². The van der Waals surface area contributed by atoms with Crippen molar-refractivity contribution >= 4 is 5.78 Å². The van der Waals surface area contributed by atoms with Gasteiger partial charge in [-0.2, -0.15) is 0 Å². The maximum absolute atomic E-state index is 12.0. The highest BCUT2D eigenvalue weighted by Gasteiger charge is 2.61. The van der Waals surface area contributed by atoms with E-state index in [0.717, 1.165) is 41.9 Å². The second-order valence-corrected chi connectivity index (χ2v) is 10.7. The van der Waals surface area contributed by atoms with E-state index in [9.17, 15) is 4.79 Å². The second kappa shape index (κ2) is 5.96. The third-order valence-corrected chi connectivity index (χ3v) is 9.80. The number of rotatable bonds is 2. The largest absolute Gasteiger partial charge is 0.295 e. The fourth-order valence-electron chi connectivity index (χ4n) is 8.28. The Morgan fingerprint density at radius 2 is 1.96 bits per heavy atom. The lowest BCUT2D eigenvalue weighted by Gasteiger charge is -2.61. The smallest absolute Gasteiger partial charge is 0.155 e. The summed E-state index contributed by atoms with van der Waals surface area (Å²) < 4.78 is 0. The molecule has 0 bridgehead atoms. The molecule has 4 unspecified atom stereocenters. The van der Waals surface area contributed by atoms with Crippen LogP contribution in [0.2, 0.25) is 0 Å². The molecule has 3 fully saturated rings. The summed E-state index contributed by atoms with van der Waals surface area (Å²) in [4.78, 5) is 12.0. The molecular weight excluding hydrogens is 304 g/mol. The first-order chi connectivity index (χ1) is 11.8. The summed E-state index contributed by atoms with van der Waals surface area (Å²) >= 11 is 0. The molecule has 140 valence electrons. The number of ketones is 1. The van der Waals surface area contributed by atoms with Crippen molar-refractivity contribution in [3.05, 3.63) is 12.2 Å². The Hall–Kier alpha value is -0.590. The molecule has 25 heavy (non-hydrogen) atoms. The summed E-state index contributed by atoms with van der Waals surface area (Å²) in [6, 6.07) is 0. The molecule has 4 aliphatic carbocycles. The molecule has 0 N–H and O–H groups in total. The van der Waals surface area contributed by atoms with Gasteiger partial charge in [0.2, 0.25) is 0 Å². The molecule has 0 saturated heterocycles. The summed E-state index contributed by atoms with van der Waals surface area (Å²) in [6.07, 6.45) is 13.4. The van der Waals surface area contributed by atoms with Crippen LogP contribution in [0.3, 0.4) is 0 Å². The molecule has 0 spiro atoms. The van der Waals surface area contributed by atoms with Crippen molar-refractivity contribution in [2.24, 2.45) is 52.3 Å². The van der Waals surface area contributed by atoms with Crippen LogP contribution in [0.5, 0.6) is 0 Å². The normalized spacial score (nSPS) is 53.1. The minimum atomic E-state index is 0.279. The van der Waals surface area contributed by atoms with Crippen LogP contribution >= 0.6 is 0 Å². The first-order valence-electron chi connectivity index (χ1n) is 11.0. The fraction of sp³-hybridized carbons (Fsp3) is 0.875. The van der Waals surface area contributed by atoms with Gasteiger partial charge in [-0.15, -0.1) is 0 Å². The number of carbonyl (C=O) groups excluding carboxylic acids is 1. The van der Waals surface area contributed by atoms with Crippen LogP contribution in [-0.2, 0) is 4.79 Å². The molecule has 9 atom stereocenters. The van der Waals surface area contributed by atoms with Gasteiger partial charge in [-0.25, -0.2) is 0 Å². The minimum Gasteiger partial charge on any atom is -0.295 e. The van der Waals surface area contributed by atoms with Gasteiger partial charge in [-0.1, -0.05) is 47.1 Å². The van der Waals surface area contributed by atoms with Crippen molar-refractivity contribution in [2.45, 2.75) is 79.6 Å². The quantitative estimate of drug-likeness (QED) is 0.577. The van der Waals surface area contributed by atoms with Gasteiger partial charge in [0.05, 0.1) is 0 Å². The topological polar surface area (TPSA) is 17.1 Å². The van der Waals surface area contributed by atoms with Crippen molar-refractivity contribution < 1.29 is 4.79 Å². The molecule has 0 heterocycles. The van der Waals surface area contributed by atoms with Crippen LogP contribution < -0.4 is 0 Å². The molecule has 0 aliphatic heterocycles. The fourth-order valence-corrected chi connectivity index (χ4v) is 8.28. The molecule has 0 amide bonds. The maximum Gasteiger partial charge on any atom is 0.155 e. The molecule has 3 saturated carbocycles. The lowest BCUT2D eigenvalue weighted by Crippen LogP contribution is -2.55. The molecular formula is C24H38O. The minimum absolute atomic E-state index is 0.279. The standard InChI is InChI=1S/C24H38O/c1-6-15(2)19-7-8-20-22-16(3)13-17-14-18(25)9-11-23(17,4)21(22)10-12-24(19,20)5/h9,11,15-17,19-22H,6-8,10,12-14H2,1-5H3/t15-,16?,17+,19-,20?,21?,22?,23+,24-/m1/s1. The van der Waals surface area contributed by atoms with Crippen LogP contribution in [-0.4, -0.2) is 5.78 Å².